The Morgan fingerprint density at radius 3 is 2.73 bits per heavy atom. The number of nitrogens with one attached hydrogen (secondary N) is 2. The second kappa shape index (κ2) is 7.91. The Labute approximate surface area is 130 Å². The van der Waals surface area contributed by atoms with E-state index in [-0.39, 0.29) is 11.9 Å². The van der Waals surface area contributed by atoms with E-state index in [1.807, 2.05) is 24.3 Å². The van der Waals surface area contributed by atoms with Crippen LogP contribution < -0.4 is 16.4 Å². The maximum absolute atomic E-state index is 12.3. The van der Waals surface area contributed by atoms with Crippen LogP contribution in [0.5, 0.6) is 0 Å². The molecule has 5 N–H and O–H groups in total. The predicted octanol–water partition coefficient (Wildman–Crippen LogP) is 0.399. The van der Waals surface area contributed by atoms with Crippen molar-refractivity contribution in [1.82, 2.24) is 10.6 Å². The first kappa shape index (κ1) is 16.5. The first-order valence-electron chi connectivity index (χ1n) is 7.65. The van der Waals surface area contributed by atoms with E-state index in [1.165, 1.54) is 5.56 Å². The number of nitrogens with two attached hydrogens (primary N) is 1. The lowest BCUT2D eigenvalue weighted by atomic mass is 9.95. The van der Waals surface area contributed by atoms with Gasteiger partial charge in [-0.05, 0) is 43.4 Å². The molecule has 1 aliphatic rings. The van der Waals surface area contributed by atoms with Gasteiger partial charge in [0.15, 0.2) is 0 Å². The third-order valence-electron chi connectivity index (χ3n) is 3.96. The summed E-state index contributed by atoms with van der Waals surface area (Å²) in [4.78, 5) is 23.5. The molecule has 1 heterocycles. The topological polar surface area (TPSA) is 104 Å². The van der Waals surface area contributed by atoms with Crippen molar-refractivity contribution in [2.45, 2.75) is 44.3 Å². The molecule has 0 aromatic heterocycles. The molecule has 0 bridgehead atoms. The summed E-state index contributed by atoms with van der Waals surface area (Å²) in [6, 6.07) is 6.73. The summed E-state index contributed by atoms with van der Waals surface area (Å²) < 4.78 is 0. The van der Waals surface area contributed by atoms with Gasteiger partial charge in [0.2, 0.25) is 5.91 Å². The Balaban J connectivity index is 1.92. The first-order valence-corrected chi connectivity index (χ1v) is 7.65. The zero-order valence-electron chi connectivity index (χ0n) is 12.5. The zero-order valence-corrected chi connectivity index (χ0v) is 12.5. The number of fused-ring (bicyclic) bond motifs is 1. The predicted molar refractivity (Wildman–Crippen MR) is 83.2 cm³/mol. The molecule has 1 aromatic rings. The molecule has 0 saturated heterocycles. The smallest absolute Gasteiger partial charge is 0.326 e. The average Bonchev–Trinajstić information content (AvgIpc) is 2.53. The summed E-state index contributed by atoms with van der Waals surface area (Å²) in [6.45, 7) is 1.15. The second-order valence-corrected chi connectivity index (χ2v) is 5.59. The van der Waals surface area contributed by atoms with Crippen LogP contribution in [0, 0.1) is 0 Å². The number of unbranched alkanes of at least 4 members (excludes halogenated alkanes) is 1. The lowest BCUT2D eigenvalue weighted by Gasteiger charge is -2.26. The van der Waals surface area contributed by atoms with E-state index in [0.717, 1.165) is 12.0 Å². The van der Waals surface area contributed by atoms with Gasteiger partial charge >= 0.3 is 5.97 Å². The quantitative estimate of drug-likeness (QED) is 0.546. The number of aliphatic carboxylic acids is 1. The Bertz CT molecular complexity index is 533. The summed E-state index contributed by atoms with van der Waals surface area (Å²) in [5.41, 5.74) is 7.73. The highest BCUT2D eigenvalue weighted by molar-refractivity contribution is 5.87. The van der Waals surface area contributed by atoms with Gasteiger partial charge in [-0.25, -0.2) is 4.79 Å². The molecule has 0 fully saturated rings. The van der Waals surface area contributed by atoms with Gasteiger partial charge in [-0.1, -0.05) is 24.3 Å². The number of carboxylic acid groups (broad SMARTS) is 1. The minimum atomic E-state index is -0.999. The fourth-order valence-corrected chi connectivity index (χ4v) is 2.66. The molecule has 22 heavy (non-hydrogen) atoms. The third-order valence-corrected chi connectivity index (χ3v) is 3.96. The number of carboxylic acids is 1. The largest absolute Gasteiger partial charge is 0.480 e. The highest BCUT2D eigenvalue weighted by atomic mass is 16.4. The average molecular weight is 305 g/mol. The molecular weight excluding hydrogens is 282 g/mol. The molecule has 1 unspecified atom stereocenters. The van der Waals surface area contributed by atoms with Crippen molar-refractivity contribution in [2.75, 3.05) is 6.54 Å². The van der Waals surface area contributed by atoms with Crippen molar-refractivity contribution >= 4 is 11.9 Å². The molecule has 1 amide bonds. The van der Waals surface area contributed by atoms with Gasteiger partial charge in [-0.15, -0.1) is 0 Å². The van der Waals surface area contributed by atoms with Crippen molar-refractivity contribution in [3.05, 3.63) is 35.4 Å². The lowest BCUT2D eigenvalue weighted by molar-refractivity contribution is -0.142. The van der Waals surface area contributed by atoms with Crippen LogP contribution in [0.1, 0.15) is 30.4 Å². The van der Waals surface area contributed by atoms with Gasteiger partial charge in [0.25, 0.3) is 0 Å². The van der Waals surface area contributed by atoms with E-state index in [2.05, 4.69) is 10.6 Å². The van der Waals surface area contributed by atoms with Crippen LogP contribution in [0.25, 0.3) is 0 Å². The Hall–Kier alpha value is -1.92. The minimum absolute atomic E-state index is 0.255. The molecule has 0 saturated carbocycles. The third kappa shape index (κ3) is 4.29. The zero-order chi connectivity index (χ0) is 15.9. The molecule has 0 radical (unpaired) electrons. The highest BCUT2D eigenvalue weighted by Crippen LogP contribution is 2.16. The SMILES string of the molecule is NCCCCC(NC(=O)[C@@H]1Cc2ccccc2CN1)C(=O)O. The summed E-state index contributed by atoms with van der Waals surface area (Å²) in [7, 11) is 0. The lowest BCUT2D eigenvalue weighted by Crippen LogP contribution is -2.52. The number of rotatable bonds is 7. The van der Waals surface area contributed by atoms with Crippen molar-refractivity contribution in [2.24, 2.45) is 5.73 Å². The molecule has 6 heteroatoms. The van der Waals surface area contributed by atoms with Crippen LogP contribution >= 0.6 is 0 Å². The number of hydrogen-bond acceptors (Lipinski definition) is 4. The summed E-state index contributed by atoms with van der Waals surface area (Å²) in [5.74, 6) is -1.25. The van der Waals surface area contributed by atoms with Crippen molar-refractivity contribution in [3.63, 3.8) is 0 Å². The van der Waals surface area contributed by atoms with Crippen LogP contribution in [-0.4, -0.2) is 35.6 Å². The van der Waals surface area contributed by atoms with Gasteiger partial charge in [0.1, 0.15) is 6.04 Å². The number of carbonyl (C=O) groups excluding carboxylic acids is 1. The number of hydrogen-bond donors (Lipinski definition) is 4. The van der Waals surface area contributed by atoms with E-state index in [0.29, 0.717) is 32.4 Å². The molecule has 0 aliphatic carbocycles. The van der Waals surface area contributed by atoms with Crippen molar-refractivity contribution in [3.8, 4) is 0 Å². The fraction of sp³-hybridized carbons (Fsp3) is 0.500. The molecular formula is C16H23N3O3. The number of amides is 1. The van der Waals surface area contributed by atoms with E-state index < -0.39 is 12.0 Å². The molecule has 1 aromatic carbocycles. The Morgan fingerprint density at radius 2 is 2.05 bits per heavy atom. The molecule has 6 nitrogen and oxygen atoms in total. The van der Waals surface area contributed by atoms with Crippen molar-refractivity contribution in [1.29, 1.82) is 0 Å². The Kier molecular flexibility index (Phi) is 5.91. The van der Waals surface area contributed by atoms with E-state index in [9.17, 15) is 14.7 Å². The first-order chi connectivity index (χ1) is 10.6. The highest BCUT2D eigenvalue weighted by Gasteiger charge is 2.27. The van der Waals surface area contributed by atoms with Crippen LogP contribution in [0.2, 0.25) is 0 Å². The minimum Gasteiger partial charge on any atom is -0.480 e. The fourth-order valence-electron chi connectivity index (χ4n) is 2.66. The molecule has 2 atom stereocenters. The van der Waals surface area contributed by atoms with E-state index in [4.69, 9.17) is 5.73 Å². The summed E-state index contributed by atoms with van der Waals surface area (Å²) in [5, 5.41) is 15.0. The van der Waals surface area contributed by atoms with Crippen LogP contribution in [0.4, 0.5) is 0 Å². The molecule has 0 spiro atoms. The van der Waals surface area contributed by atoms with Gasteiger partial charge in [0, 0.05) is 6.54 Å². The van der Waals surface area contributed by atoms with Gasteiger partial charge in [0.05, 0.1) is 6.04 Å². The maximum Gasteiger partial charge on any atom is 0.326 e. The number of benzene rings is 1. The van der Waals surface area contributed by atoms with Crippen LogP contribution in [0.3, 0.4) is 0 Å². The van der Waals surface area contributed by atoms with Gasteiger partial charge in [-0.2, -0.15) is 0 Å². The second-order valence-electron chi connectivity index (χ2n) is 5.59. The number of carbonyl (C=O) groups is 2. The molecule has 1 aliphatic heterocycles. The van der Waals surface area contributed by atoms with Crippen LogP contribution in [-0.2, 0) is 22.6 Å². The maximum atomic E-state index is 12.3. The normalized spacial score (nSPS) is 18.3. The van der Waals surface area contributed by atoms with Gasteiger partial charge in [-0.3, -0.25) is 4.79 Å². The molecule has 120 valence electrons. The van der Waals surface area contributed by atoms with Crippen molar-refractivity contribution < 1.29 is 14.7 Å². The summed E-state index contributed by atoms with van der Waals surface area (Å²) >= 11 is 0. The monoisotopic (exact) mass is 305 g/mol. The van der Waals surface area contributed by atoms with E-state index >= 15 is 0 Å². The standard InChI is InChI=1S/C16H23N3O3/c17-8-4-3-7-13(16(21)22)19-15(20)14-9-11-5-1-2-6-12(11)10-18-14/h1-2,5-6,13-14,18H,3-4,7-10,17H2,(H,19,20)(H,21,22)/t13?,14-/m0/s1. The Morgan fingerprint density at radius 1 is 1.32 bits per heavy atom. The summed E-state index contributed by atoms with van der Waals surface area (Å²) in [6.07, 6.45) is 2.43. The van der Waals surface area contributed by atoms with Gasteiger partial charge < -0.3 is 21.5 Å². The molecule has 2 rings (SSSR count). The van der Waals surface area contributed by atoms with E-state index in [1.54, 1.807) is 0 Å². The van der Waals surface area contributed by atoms with Crippen LogP contribution in [0.15, 0.2) is 24.3 Å².